The first kappa shape index (κ1) is 17.5. The van der Waals surface area contributed by atoms with Crippen LogP contribution in [0.1, 0.15) is 47.3 Å². The van der Waals surface area contributed by atoms with Gasteiger partial charge in [0.15, 0.2) is 0 Å². The van der Waals surface area contributed by atoms with Crippen molar-refractivity contribution in [3.63, 3.8) is 0 Å². The molecule has 0 bridgehead atoms. The molecule has 3 rings (SSSR count). The summed E-state index contributed by atoms with van der Waals surface area (Å²) in [5.74, 6) is 0.0317. The van der Waals surface area contributed by atoms with E-state index in [9.17, 15) is 9.59 Å². The van der Waals surface area contributed by atoms with E-state index in [1.165, 1.54) is 0 Å². The van der Waals surface area contributed by atoms with Crippen molar-refractivity contribution >= 4 is 23.4 Å². The van der Waals surface area contributed by atoms with E-state index in [0.29, 0.717) is 23.6 Å². The first-order valence-corrected chi connectivity index (χ1v) is 8.84. The summed E-state index contributed by atoms with van der Waals surface area (Å²) in [6.07, 6.45) is 1.53. The topological polar surface area (TPSA) is 49.4 Å². The standard InChI is InChI=1S/C20H21ClN2O2/c1-14(17-8-2-3-9-18(17)21)22-20(25)16-7-4-6-15(12-16)13-23-11-5-10-19(23)24/h2-4,6-9,12,14H,5,10-11,13H2,1H3,(H,22,25)/t14-/m1/s1. The molecule has 1 N–H and O–H groups in total. The molecule has 1 heterocycles. The van der Waals surface area contributed by atoms with Gasteiger partial charge in [-0.05, 0) is 42.7 Å². The molecule has 2 aromatic carbocycles. The fraction of sp³-hybridized carbons (Fsp3) is 0.300. The number of benzene rings is 2. The van der Waals surface area contributed by atoms with Gasteiger partial charge in [-0.15, -0.1) is 0 Å². The van der Waals surface area contributed by atoms with Gasteiger partial charge in [0.05, 0.1) is 6.04 Å². The number of hydrogen-bond acceptors (Lipinski definition) is 2. The summed E-state index contributed by atoms with van der Waals surface area (Å²) < 4.78 is 0. The molecule has 2 amide bonds. The Bertz CT molecular complexity index is 791. The number of carbonyl (C=O) groups excluding carboxylic acids is 2. The molecular formula is C20H21ClN2O2. The molecule has 0 aromatic heterocycles. The van der Waals surface area contributed by atoms with Crippen molar-refractivity contribution in [1.29, 1.82) is 0 Å². The molecule has 5 heteroatoms. The molecule has 25 heavy (non-hydrogen) atoms. The van der Waals surface area contributed by atoms with Gasteiger partial charge in [0.2, 0.25) is 5.91 Å². The minimum Gasteiger partial charge on any atom is -0.345 e. The van der Waals surface area contributed by atoms with Gasteiger partial charge in [0.1, 0.15) is 0 Å². The second-order valence-corrected chi connectivity index (χ2v) is 6.74. The van der Waals surface area contributed by atoms with E-state index in [1.54, 1.807) is 6.07 Å². The lowest BCUT2D eigenvalue weighted by Crippen LogP contribution is -2.27. The lowest BCUT2D eigenvalue weighted by atomic mass is 10.1. The largest absolute Gasteiger partial charge is 0.345 e. The third-order valence-corrected chi connectivity index (χ3v) is 4.80. The number of nitrogens with zero attached hydrogens (tertiary/aromatic N) is 1. The summed E-state index contributed by atoms with van der Waals surface area (Å²) >= 11 is 6.19. The van der Waals surface area contributed by atoms with Crippen molar-refractivity contribution in [2.45, 2.75) is 32.4 Å². The van der Waals surface area contributed by atoms with Crippen molar-refractivity contribution in [3.8, 4) is 0 Å². The normalized spacial score (nSPS) is 15.3. The Morgan fingerprint density at radius 2 is 2.04 bits per heavy atom. The Labute approximate surface area is 152 Å². The molecule has 0 spiro atoms. The predicted octanol–water partition coefficient (Wildman–Crippen LogP) is 3.95. The van der Waals surface area contributed by atoms with E-state index in [4.69, 9.17) is 11.6 Å². The monoisotopic (exact) mass is 356 g/mol. The molecular weight excluding hydrogens is 336 g/mol. The van der Waals surface area contributed by atoms with Crippen LogP contribution in [0.3, 0.4) is 0 Å². The minimum atomic E-state index is -0.190. The molecule has 1 fully saturated rings. The van der Waals surface area contributed by atoms with Crippen molar-refractivity contribution in [3.05, 3.63) is 70.2 Å². The maximum Gasteiger partial charge on any atom is 0.251 e. The lowest BCUT2D eigenvalue weighted by Gasteiger charge is -2.17. The van der Waals surface area contributed by atoms with Crippen LogP contribution < -0.4 is 5.32 Å². The molecule has 0 aliphatic carbocycles. The van der Waals surface area contributed by atoms with Gasteiger partial charge in [-0.2, -0.15) is 0 Å². The van der Waals surface area contributed by atoms with Crippen LogP contribution in [0.5, 0.6) is 0 Å². The highest BCUT2D eigenvalue weighted by Crippen LogP contribution is 2.22. The van der Waals surface area contributed by atoms with Crippen molar-refractivity contribution in [2.75, 3.05) is 6.54 Å². The second-order valence-electron chi connectivity index (χ2n) is 6.34. The van der Waals surface area contributed by atoms with E-state index in [1.807, 2.05) is 54.3 Å². The van der Waals surface area contributed by atoms with Crippen LogP contribution in [0.15, 0.2) is 48.5 Å². The molecule has 1 saturated heterocycles. The van der Waals surface area contributed by atoms with E-state index in [0.717, 1.165) is 24.1 Å². The zero-order chi connectivity index (χ0) is 17.8. The average molecular weight is 357 g/mol. The van der Waals surface area contributed by atoms with Gasteiger partial charge < -0.3 is 10.2 Å². The van der Waals surface area contributed by atoms with Gasteiger partial charge >= 0.3 is 0 Å². The molecule has 0 saturated carbocycles. The zero-order valence-corrected chi connectivity index (χ0v) is 14.9. The van der Waals surface area contributed by atoms with Crippen LogP contribution in [0.4, 0.5) is 0 Å². The highest BCUT2D eigenvalue weighted by atomic mass is 35.5. The average Bonchev–Trinajstić information content (AvgIpc) is 3.00. The number of hydrogen-bond donors (Lipinski definition) is 1. The minimum absolute atomic E-state index is 0.151. The Balaban J connectivity index is 1.69. The van der Waals surface area contributed by atoms with Crippen molar-refractivity contribution in [1.82, 2.24) is 10.2 Å². The third kappa shape index (κ3) is 4.20. The first-order valence-electron chi connectivity index (χ1n) is 8.46. The molecule has 130 valence electrons. The van der Waals surface area contributed by atoms with Crippen molar-refractivity contribution < 1.29 is 9.59 Å². The van der Waals surface area contributed by atoms with E-state index < -0.39 is 0 Å². The third-order valence-electron chi connectivity index (χ3n) is 4.45. The number of carbonyl (C=O) groups is 2. The van der Waals surface area contributed by atoms with E-state index in [-0.39, 0.29) is 17.9 Å². The molecule has 1 atom stereocenters. The van der Waals surface area contributed by atoms with Crippen LogP contribution in [-0.4, -0.2) is 23.3 Å². The molecule has 4 nitrogen and oxygen atoms in total. The van der Waals surface area contributed by atoms with Gasteiger partial charge in [-0.3, -0.25) is 9.59 Å². The Kier molecular flexibility index (Phi) is 5.39. The van der Waals surface area contributed by atoms with Gasteiger partial charge in [0, 0.05) is 30.1 Å². The number of amides is 2. The summed E-state index contributed by atoms with van der Waals surface area (Å²) in [6, 6.07) is 14.7. The second kappa shape index (κ2) is 7.70. The number of halogens is 1. The summed E-state index contributed by atoms with van der Waals surface area (Å²) in [4.78, 5) is 26.2. The first-order chi connectivity index (χ1) is 12.0. The SMILES string of the molecule is C[C@@H](NC(=O)c1cccc(CN2CCCC2=O)c1)c1ccccc1Cl. The van der Waals surface area contributed by atoms with Gasteiger partial charge in [-0.25, -0.2) is 0 Å². The smallest absolute Gasteiger partial charge is 0.251 e. The summed E-state index contributed by atoms with van der Waals surface area (Å²) in [6.45, 7) is 3.25. The van der Waals surface area contributed by atoms with Crippen LogP contribution in [0.2, 0.25) is 5.02 Å². The highest BCUT2D eigenvalue weighted by molar-refractivity contribution is 6.31. The van der Waals surface area contributed by atoms with E-state index >= 15 is 0 Å². The summed E-state index contributed by atoms with van der Waals surface area (Å²) in [7, 11) is 0. The van der Waals surface area contributed by atoms with Crippen LogP contribution >= 0.6 is 11.6 Å². The zero-order valence-electron chi connectivity index (χ0n) is 14.2. The quantitative estimate of drug-likeness (QED) is 0.881. The predicted molar refractivity (Wildman–Crippen MR) is 98.4 cm³/mol. The fourth-order valence-electron chi connectivity index (χ4n) is 3.09. The summed E-state index contributed by atoms with van der Waals surface area (Å²) in [5, 5.41) is 3.61. The Morgan fingerprint density at radius 3 is 2.76 bits per heavy atom. The molecule has 1 aliphatic rings. The number of nitrogens with one attached hydrogen (secondary N) is 1. The van der Waals surface area contributed by atoms with Gasteiger partial charge in [0.25, 0.3) is 5.91 Å². The molecule has 2 aromatic rings. The van der Waals surface area contributed by atoms with E-state index in [2.05, 4.69) is 5.32 Å². The van der Waals surface area contributed by atoms with Gasteiger partial charge in [-0.1, -0.05) is 41.9 Å². The lowest BCUT2D eigenvalue weighted by molar-refractivity contribution is -0.128. The number of likely N-dealkylation sites (tertiary alicyclic amines) is 1. The maximum absolute atomic E-state index is 12.6. The van der Waals surface area contributed by atoms with Crippen LogP contribution in [-0.2, 0) is 11.3 Å². The molecule has 0 unspecified atom stereocenters. The molecule has 0 radical (unpaired) electrons. The van der Waals surface area contributed by atoms with Crippen LogP contribution in [0.25, 0.3) is 0 Å². The number of rotatable bonds is 5. The van der Waals surface area contributed by atoms with Crippen LogP contribution in [0, 0.1) is 0 Å². The Morgan fingerprint density at radius 1 is 1.24 bits per heavy atom. The highest BCUT2D eigenvalue weighted by Gasteiger charge is 2.20. The molecule has 1 aliphatic heterocycles. The van der Waals surface area contributed by atoms with Crippen molar-refractivity contribution in [2.24, 2.45) is 0 Å². The fourth-order valence-corrected chi connectivity index (χ4v) is 3.39. The Hall–Kier alpha value is -2.33. The maximum atomic E-state index is 12.6. The summed E-state index contributed by atoms with van der Waals surface area (Å²) in [5.41, 5.74) is 2.44.